The maximum Gasteiger partial charge on any atom is 0.225 e. The predicted molar refractivity (Wildman–Crippen MR) is 85.7 cm³/mol. The lowest BCUT2D eigenvalue weighted by Crippen LogP contribution is -2.09. The number of halogens is 2. The van der Waals surface area contributed by atoms with Gasteiger partial charge >= 0.3 is 0 Å². The van der Waals surface area contributed by atoms with Gasteiger partial charge in [-0.25, -0.2) is 0 Å². The highest BCUT2D eigenvalue weighted by Crippen LogP contribution is 2.29. The van der Waals surface area contributed by atoms with Gasteiger partial charge in [0.15, 0.2) is 5.82 Å². The Bertz CT molecular complexity index is 753. The molecule has 0 aliphatic carbocycles. The van der Waals surface area contributed by atoms with Gasteiger partial charge in [0.25, 0.3) is 0 Å². The minimum Gasteiger partial charge on any atom is -0.290 e. The third-order valence-electron chi connectivity index (χ3n) is 3.40. The lowest BCUT2D eigenvalue weighted by atomic mass is 10.1. The minimum absolute atomic E-state index is 0.0126. The Morgan fingerprint density at radius 3 is 2.43 bits per heavy atom. The summed E-state index contributed by atoms with van der Waals surface area (Å²) >= 11 is 12.3. The molecule has 0 amide bonds. The fraction of sp³-hybridized carbons (Fsp3) is 0.125. The molecular formula is C16H13Cl2N3. The van der Waals surface area contributed by atoms with Crippen LogP contribution in [0.5, 0.6) is 0 Å². The maximum atomic E-state index is 6.24. The van der Waals surface area contributed by atoms with Crippen molar-refractivity contribution in [2.45, 2.75) is 13.0 Å². The Labute approximate surface area is 133 Å². The Morgan fingerprint density at radius 1 is 0.952 bits per heavy atom. The summed E-state index contributed by atoms with van der Waals surface area (Å²) in [7, 11) is 0. The van der Waals surface area contributed by atoms with Crippen molar-refractivity contribution in [1.82, 2.24) is 14.8 Å². The van der Waals surface area contributed by atoms with Crippen LogP contribution in [0.1, 0.15) is 18.5 Å². The average molecular weight is 318 g/mol. The Morgan fingerprint density at radius 2 is 1.71 bits per heavy atom. The van der Waals surface area contributed by atoms with E-state index >= 15 is 0 Å². The Hall–Kier alpha value is -1.84. The molecule has 1 heterocycles. The Kier molecular flexibility index (Phi) is 3.95. The highest BCUT2D eigenvalue weighted by atomic mass is 35.5. The van der Waals surface area contributed by atoms with Crippen LogP contribution < -0.4 is 0 Å². The second-order valence-electron chi connectivity index (χ2n) is 4.76. The zero-order valence-electron chi connectivity index (χ0n) is 11.4. The smallest absolute Gasteiger partial charge is 0.225 e. The quantitative estimate of drug-likeness (QED) is 0.690. The van der Waals surface area contributed by atoms with Crippen LogP contribution in [-0.2, 0) is 0 Å². The molecule has 0 bridgehead atoms. The second-order valence-corrected chi connectivity index (χ2v) is 5.53. The molecule has 1 unspecified atom stereocenters. The normalized spacial score (nSPS) is 12.3. The summed E-state index contributed by atoms with van der Waals surface area (Å²) in [4.78, 5) is 0. The van der Waals surface area contributed by atoms with Crippen LogP contribution in [0.15, 0.2) is 54.6 Å². The summed E-state index contributed by atoms with van der Waals surface area (Å²) in [6, 6.07) is 17.6. The molecule has 3 aromatic rings. The van der Waals surface area contributed by atoms with Crippen LogP contribution >= 0.6 is 23.2 Å². The molecule has 0 saturated heterocycles. The van der Waals surface area contributed by atoms with Gasteiger partial charge in [-0.2, -0.15) is 0 Å². The number of aromatic nitrogens is 3. The number of hydrogen-bond donors (Lipinski definition) is 0. The van der Waals surface area contributed by atoms with Crippen LogP contribution in [0.25, 0.3) is 11.4 Å². The summed E-state index contributed by atoms with van der Waals surface area (Å²) in [6.45, 7) is 2.05. The number of hydrogen-bond acceptors (Lipinski definition) is 2. The number of nitrogens with zero attached hydrogens (tertiary/aromatic N) is 3. The van der Waals surface area contributed by atoms with Crippen LogP contribution in [0.3, 0.4) is 0 Å². The molecule has 0 aliphatic rings. The van der Waals surface area contributed by atoms with Crippen LogP contribution in [0.4, 0.5) is 0 Å². The van der Waals surface area contributed by atoms with Gasteiger partial charge in [-0.05, 0) is 36.2 Å². The summed E-state index contributed by atoms with van der Waals surface area (Å²) in [5.74, 6) is 0.744. The lowest BCUT2D eigenvalue weighted by Gasteiger charge is -2.17. The first kappa shape index (κ1) is 14.1. The molecule has 0 spiro atoms. The molecule has 5 heteroatoms. The standard InChI is InChI=1S/C16H13Cl2N3/c1-11(13-8-5-9-14(17)10-13)21-15(19-20-16(21)18)12-6-3-2-4-7-12/h2-11H,1H3. The number of rotatable bonds is 3. The van der Waals surface area contributed by atoms with Gasteiger partial charge in [-0.3, -0.25) is 4.57 Å². The predicted octanol–water partition coefficient (Wildman–Crippen LogP) is 4.86. The molecule has 0 radical (unpaired) electrons. The molecule has 21 heavy (non-hydrogen) atoms. The SMILES string of the molecule is CC(c1cccc(Cl)c1)n1c(Cl)nnc1-c1ccccc1. The maximum absolute atomic E-state index is 6.24. The lowest BCUT2D eigenvalue weighted by molar-refractivity contribution is 0.644. The van der Waals surface area contributed by atoms with E-state index in [0.29, 0.717) is 10.3 Å². The molecule has 2 aromatic carbocycles. The van der Waals surface area contributed by atoms with E-state index in [-0.39, 0.29) is 6.04 Å². The van der Waals surface area contributed by atoms with Gasteiger partial charge in [0.05, 0.1) is 6.04 Å². The van der Waals surface area contributed by atoms with Gasteiger partial charge in [0.1, 0.15) is 0 Å². The van der Waals surface area contributed by atoms with Crippen molar-refractivity contribution >= 4 is 23.2 Å². The molecule has 3 nitrogen and oxygen atoms in total. The average Bonchev–Trinajstić information content (AvgIpc) is 2.89. The largest absolute Gasteiger partial charge is 0.290 e. The molecule has 0 N–H and O–H groups in total. The molecular weight excluding hydrogens is 305 g/mol. The third kappa shape index (κ3) is 2.80. The van der Waals surface area contributed by atoms with E-state index in [1.807, 2.05) is 66.1 Å². The fourth-order valence-electron chi connectivity index (χ4n) is 2.32. The molecule has 1 aromatic heterocycles. The molecule has 0 fully saturated rings. The summed E-state index contributed by atoms with van der Waals surface area (Å²) < 4.78 is 1.91. The van der Waals surface area contributed by atoms with Gasteiger partial charge < -0.3 is 0 Å². The molecule has 0 saturated carbocycles. The van der Waals surface area contributed by atoms with Gasteiger partial charge in [-0.15, -0.1) is 10.2 Å². The first-order valence-electron chi connectivity index (χ1n) is 6.58. The van der Waals surface area contributed by atoms with Crippen molar-refractivity contribution in [3.8, 4) is 11.4 Å². The highest BCUT2D eigenvalue weighted by Gasteiger charge is 2.18. The fourth-order valence-corrected chi connectivity index (χ4v) is 2.78. The Balaban J connectivity index is 2.08. The van der Waals surface area contributed by atoms with Crippen molar-refractivity contribution in [2.24, 2.45) is 0 Å². The third-order valence-corrected chi connectivity index (χ3v) is 3.90. The van der Waals surface area contributed by atoms with Crippen LogP contribution in [0.2, 0.25) is 10.3 Å². The van der Waals surface area contributed by atoms with Gasteiger partial charge in [0, 0.05) is 10.6 Å². The van der Waals surface area contributed by atoms with E-state index in [0.717, 1.165) is 17.0 Å². The molecule has 1 atom stereocenters. The summed E-state index contributed by atoms with van der Waals surface area (Å²) in [6.07, 6.45) is 0. The van der Waals surface area contributed by atoms with Crippen molar-refractivity contribution in [2.75, 3.05) is 0 Å². The van der Waals surface area contributed by atoms with E-state index in [4.69, 9.17) is 23.2 Å². The molecule has 106 valence electrons. The van der Waals surface area contributed by atoms with E-state index in [2.05, 4.69) is 10.2 Å². The first-order chi connectivity index (χ1) is 10.2. The number of benzene rings is 2. The van der Waals surface area contributed by atoms with E-state index in [9.17, 15) is 0 Å². The van der Waals surface area contributed by atoms with Crippen LogP contribution in [0, 0.1) is 0 Å². The van der Waals surface area contributed by atoms with Crippen molar-refractivity contribution in [3.63, 3.8) is 0 Å². The van der Waals surface area contributed by atoms with Crippen molar-refractivity contribution in [1.29, 1.82) is 0 Å². The van der Waals surface area contributed by atoms with E-state index in [1.165, 1.54) is 0 Å². The summed E-state index contributed by atoms with van der Waals surface area (Å²) in [5.41, 5.74) is 2.03. The van der Waals surface area contributed by atoms with Crippen molar-refractivity contribution in [3.05, 3.63) is 70.5 Å². The van der Waals surface area contributed by atoms with Gasteiger partial charge in [0.2, 0.25) is 5.28 Å². The molecule has 0 aliphatic heterocycles. The zero-order chi connectivity index (χ0) is 14.8. The van der Waals surface area contributed by atoms with Crippen LogP contribution in [-0.4, -0.2) is 14.8 Å². The first-order valence-corrected chi connectivity index (χ1v) is 7.33. The topological polar surface area (TPSA) is 30.7 Å². The van der Waals surface area contributed by atoms with Crippen molar-refractivity contribution < 1.29 is 0 Å². The monoisotopic (exact) mass is 317 g/mol. The molecule has 3 rings (SSSR count). The minimum atomic E-state index is -0.0126. The zero-order valence-corrected chi connectivity index (χ0v) is 12.9. The second kappa shape index (κ2) is 5.88. The van der Waals surface area contributed by atoms with E-state index in [1.54, 1.807) is 0 Å². The van der Waals surface area contributed by atoms with Gasteiger partial charge in [-0.1, -0.05) is 54.1 Å². The highest BCUT2D eigenvalue weighted by molar-refractivity contribution is 6.30. The van der Waals surface area contributed by atoms with E-state index < -0.39 is 0 Å². The summed E-state index contributed by atoms with van der Waals surface area (Å²) in [5, 5.41) is 9.27.